The zero-order valence-electron chi connectivity index (χ0n) is 16.3. The maximum Gasteiger partial charge on any atom is 0.254 e. The minimum Gasteiger partial charge on any atom is -0.335 e. The number of carbonyl (C=O) groups is 1. The first-order valence-electron chi connectivity index (χ1n) is 9.50. The topological polar surface area (TPSA) is 51.0 Å². The highest BCUT2D eigenvalue weighted by molar-refractivity contribution is 6.05. The van der Waals surface area contributed by atoms with Crippen molar-refractivity contribution in [2.45, 2.75) is 72.4 Å². The van der Waals surface area contributed by atoms with E-state index in [0.29, 0.717) is 12.0 Å². The minimum absolute atomic E-state index is 0.133. The molecule has 0 bridgehead atoms. The van der Waals surface area contributed by atoms with E-state index in [2.05, 4.69) is 51.5 Å². The number of amides is 1. The molecule has 0 N–H and O–H groups in total. The monoisotopic (exact) mass is 342 g/mol. The molecule has 0 spiro atoms. The summed E-state index contributed by atoms with van der Waals surface area (Å²) in [4.78, 5) is 20.3. The number of hydrogen-bond donors (Lipinski definition) is 0. The third-order valence-corrected chi connectivity index (χ3v) is 5.23. The normalized spacial score (nSPS) is 18.3. The van der Waals surface area contributed by atoms with Crippen molar-refractivity contribution < 1.29 is 4.79 Å². The Bertz CT molecular complexity index is 775. The van der Waals surface area contributed by atoms with Crippen LogP contribution in [0.1, 0.15) is 82.4 Å². The van der Waals surface area contributed by atoms with Gasteiger partial charge < -0.3 is 4.90 Å². The summed E-state index contributed by atoms with van der Waals surface area (Å²) in [5.41, 5.74) is 2.54. The van der Waals surface area contributed by atoms with Gasteiger partial charge in [-0.25, -0.2) is 9.67 Å². The number of likely N-dealkylation sites (tertiary alicyclic amines) is 1. The van der Waals surface area contributed by atoms with Gasteiger partial charge in [0, 0.05) is 24.3 Å². The molecule has 136 valence electrons. The molecule has 1 saturated heterocycles. The maximum atomic E-state index is 13.4. The van der Waals surface area contributed by atoms with Crippen LogP contribution in [0.25, 0.3) is 11.0 Å². The van der Waals surface area contributed by atoms with E-state index < -0.39 is 0 Å². The van der Waals surface area contributed by atoms with Gasteiger partial charge in [-0.2, -0.15) is 5.10 Å². The summed E-state index contributed by atoms with van der Waals surface area (Å²) in [6, 6.07) is 2.53. The van der Waals surface area contributed by atoms with Crippen molar-refractivity contribution in [1.82, 2.24) is 19.7 Å². The van der Waals surface area contributed by atoms with Crippen LogP contribution in [0.3, 0.4) is 0 Å². The molecule has 3 heterocycles. The molecule has 25 heavy (non-hydrogen) atoms. The molecule has 0 saturated carbocycles. The van der Waals surface area contributed by atoms with Crippen molar-refractivity contribution in [2.24, 2.45) is 5.92 Å². The van der Waals surface area contributed by atoms with Gasteiger partial charge in [-0.1, -0.05) is 27.7 Å². The van der Waals surface area contributed by atoms with Gasteiger partial charge >= 0.3 is 0 Å². The van der Waals surface area contributed by atoms with Crippen LogP contribution in [0.4, 0.5) is 0 Å². The average molecular weight is 342 g/mol. The van der Waals surface area contributed by atoms with Crippen molar-refractivity contribution in [1.29, 1.82) is 0 Å². The van der Waals surface area contributed by atoms with Crippen LogP contribution in [-0.2, 0) is 0 Å². The Hall–Kier alpha value is -1.91. The van der Waals surface area contributed by atoms with Crippen LogP contribution in [0.15, 0.2) is 12.3 Å². The predicted molar refractivity (Wildman–Crippen MR) is 101 cm³/mol. The van der Waals surface area contributed by atoms with Gasteiger partial charge in [-0.3, -0.25) is 4.79 Å². The van der Waals surface area contributed by atoms with Crippen LogP contribution >= 0.6 is 0 Å². The van der Waals surface area contributed by atoms with E-state index in [1.807, 2.05) is 10.7 Å². The fourth-order valence-electron chi connectivity index (χ4n) is 3.78. The van der Waals surface area contributed by atoms with Crippen molar-refractivity contribution in [2.75, 3.05) is 6.54 Å². The lowest BCUT2D eigenvalue weighted by Crippen LogP contribution is -2.38. The summed E-state index contributed by atoms with van der Waals surface area (Å²) in [5.74, 6) is 0.881. The SMILES string of the molecule is CC(C)c1cc(C(=O)N2CCC[C@@H]2C(C)C)c2cnn(C(C)C)c2n1. The van der Waals surface area contributed by atoms with Crippen molar-refractivity contribution >= 4 is 16.9 Å². The summed E-state index contributed by atoms with van der Waals surface area (Å²) in [6.45, 7) is 13.7. The first-order valence-corrected chi connectivity index (χ1v) is 9.50. The first-order chi connectivity index (χ1) is 11.8. The Kier molecular flexibility index (Phi) is 4.85. The fourth-order valence-corrected chi connectivity index (χ4v) is 3.78. The minimum atomic E-state index is 0.133. The molecule has 0 radical (unpaired) electrons. The summed E-state index contributed by atoms with van der Waals surface area (Å²) < 4.78 is 1.92. The molecule has 1 aliphatic rings. The smallest absolute Gasteiger partial charge is 0.254 e. The largest absolute Gasteiger partial charge is 0.335 e. The molecule has 2 aromatic heterocycles. The first kappa shape index (κ1) is 17.9. The number of pyridine rings is 1. The van der Waals surface area contributed by atoms with Gasteiger partial charge in [0.05, 0.1) is 17.1 Å². The third-order valence-electron chi connectivity index (χ3n) is 5.23. The van der Waals surface area contributed by atoms with E-state index in [-0.39, 0.29) is 17.9 Å². The molecule has 1 atom stereocenters. The van der Waals surface area contributed by atoms with Crippen molar-refractivity contribution in [3.8, 4) is 0 Å². The zero-order valence-corrected chi connectivity index (χ0v) is 16.3. The summed E-state index contributed by atoms with van der Waals surface area (Å²) in [6.07, 6.45) is 3.99. The molecule has 1 amide bonds. The lowest BCUT2D eigenvalue weighted by molar-refractivity contribution is 0.0703. The molecular formula is C20H30N4O. The van der Waals surface area contributed by atoms with Gasteiger partial charge in [0.1, 0.15) is 0 Å². The second-order valence-electron chi connectivity index (χ2n) is 8.12. The van der Waals surface area contributed by atoms with E-state index in [0.717, 1.165) is 41.7 Å². The Labute approximate surface area is 150 Å². The van der Waals surface area contributed by atoms with Gasteiger partial charge in [0.25, 0.3) is 5.91 Å². The highest BCUT2D eigenvalue weighted by atomic mass is 16.2. The summed E-state index contributed by atoms with van der Waals surface area (Å²) in [5, 5.41) is 5.38. The second-order valence-corrected chi connectivity index (χ2v) is 8.12. The molecule has 0 aliphatic carbocycles. The number of aromatic nitrogens is 3. The molecule has 2 aromatic rings. The van der Waals surface area contributed by atoms with Crippen LogP contribution in [0.2, 0.25) is 0 Å². The molecule has 0 unspecified atom stereocenters. The zero-order chi connectivity index (χ0) is 18.3. The van der Waals surface area contributed by atoms with E-state index in [1.54, 1.807) is 6.20 Å². The van der Waals surface area contributed by atoms with Gasteiger partial charge in [-0.15, -0.1) is 0 Å². The number of hydrogen-bond acceptors (Lipinski definition) is 3. The van der Waals surface area contributed by atoms with Crippen LogP contribution in [0.5, 0.6) is 0 Å². The Balaban J connectivity index is 2.13. The maximum absolute atomic E-state index is 13.4. The Morgan fingerprint density at radius 3 is 2.52 bits per heavy atom. The molecule has 5 heteroatoms. The van der Waals surface area contributed by atoms with Gasteiger partial charge in [0.15, 0.2) is 5.65 Å². The molecule has 1 aliphatic heterocycles. The highest BCUT2D eigenvalue weighted by Crippen LogP contribution is 2.30. The highest BCUT2D eigenvalue weighted by Gasteiger charge is 2.33. The second kappa shape index (κ2) is 6.77. The average Bonchev–Trinajstić information content (AvgIpc) is 3.19. The number of fused-ring (bicyclic) bond motifs is 1. The standard InChI is InChI=1S/C20H30N4O/c1-12(2)17-10-15(16-11-21-24(14(5)6)19(16)22-17)20(25)23-9-7-8-18(23)13(3)4/h10-14,18H,7-9H2,1-6H3/t18-/m1/s1. The summed E-state index contributed by atoms with van der Waals surface area (Å²) >= 11 is 0. The predicted octanol–water partition coefficient (Wildman–Crippen LogP) is 4.40. The Morgan fingerprint density at radius 2 is 1.92 bits per heavy atom. The lowest BCUT2D eigenvalue weighted by atomic mass is 10.00. The van der Waals surface area contributed by atoms with E-state index in [4.69, 9.17) is 4.98 Å². The molecule has 0 aromatic carbocycles. The molecular weight excluding hydrogens is 312 g/mol. The van der Waals surface area contributed by atoms with Crippen molar-refractivity contribution in [3.63, 3.8) is 0 Å². The molecule has 1 fully saturated rings. The third kappa shape index (κ3) is 3.16. The Morgan fingerprint density at radius 1 is 1.20 bits per heavy atom. The fraction of sp³-hybridized carbons (Fsp3) is 0.650. The number of rotatable bonds is 4. The molecule has 5 nitrogen and oxygen atoms in total. The summed E-state index contributed by atoms with van der Waals surface area (Å²) in [7, 11) is 0. The van der Waals surface area contributed by atoms with Gasteiger partial charge in [0.2, 0.25) is 0 Å². The van der Waals surface area contributed by atoms with E-state index in [9.17, 15) is 4.79 Å². The van der Waals surface area contributed by atoms with Crippen LogP contribution in [-0.4, -0.2) is 38.2 Å². The quantitative estimate of drug-likeness (QED) is 0.827. The molecule has 3 rings (SSSR count). The van der Waals surface area contributed by atoms with Crippen LogP contribution < -0.4 is 0 Å². The lowest BCUT2D eigenvalue weighted by Gasteiger charge is -2.28. The van der Waals surface area contributed by atoms with E-state index in [1.165, 1.54) is 0 Å². The van der Waals surface area contributed by atoms with Gasteiger partial charge in [-0.05, 0) is 44.6 Å². The number of carbonyl (C=O) groups excluding carboxylic acids is 1. The van der Waals surface area contributed by atoms with Crippen molar-refractivity contribution in [3.05, 3.63) is 23.5 Å². The van der Waals surface area contributed by atoms with E-state index >= 15 is 0 Å². The number of nitrogens with zero attached hydrogens (tertiary/aromatic N) is 4. The van der Waals surface area contributed by atoms with Crippen LogP contribution in [0, 0.1) is 5.92 Å².